The minimum absolute atomic E-state index is 0.0207. The number of esters is 3. The zero-order chi connectivity index (χ0) is 45.3. The number of benzene rings is 2. The Morgan fingerprint density at radius 1 is 0.810 bits per heavy atom. The van der Waals surface area contributed by atoms with Gasteiger partial charge in [-0.2, -0.15) is 0 Å². The third kappa shape index (κ3) is 7.40. The zero-order valence-electron chi connectivity index (χ0n) is 37.9. The Labute approximate surface area is 372 Å². The van der Waals surface area contributed by atoms with Crippen LogP contribution in [-0.2, 0) is 50.8 Å². The highest BCUT2D eigenvalue weighted by atomic mass is 32.2. The molecule has 12 heteroatoms. The van der Waals surface area contributed by atoms with Crippen LogP contribution in [0.2, 0.25) is 0 Å². The van der Waals surface area contributed by atoms with E-state index in [0.29, 0.717) is 38.5 Å². The Morgan fingerprint density at radius 3 is 2.05 bits per heavy atom. The summed E-state index contributed by atoms with van der Waals surface area (Å²) in [5.74, 6) is -3.34. The van der Waals surface area contributed by atoms with Gasteiger partial charge in [-0.3, -0.25) is 23.4 Å². The molecule has 0 bridgehead atoms. The number of allylic oxidation sites excluding steroid dienone is 2. The minimum Gasteiger partial charge on any atom is -0.460 e. The lowest BCUT2D eigenvalue weighted by Crippen LogP contribution is -2.68. The topological polar surface area (TPSA) is 156 Å². The van der Waals surface area contributed by atoms with E-state index in [1.807, 2.05) is 73.7 Å². The molecule has 3 aromatic rings. The number of fused-ring (bicyclic) bond motifs is 7. The number of aryl methyl sites for hydroxylation is 1. The fraction of sp³-hybridized carbons (Fsp3) is 0.588. The third-order valence-corrected chi connectivity index (χ3v) is 17.9. The highest BCUT2D eigenvalue weighted by molar-refractivity contribution is 7.84. The Balaban J connectivity index is 1.12. The molecule has 5 aliphatic rings. The number of carbonyl (C=O) groups is 4. The Hall–Kier alpha value is -4.58. The van der Waals surface area contributed by atoms with Crippen LogP contribution in [0, 0.1) is 57.2 Å². The van der Waals surface area contributed by atoms with E-state index in [2.05, 4.69) is 27.7 Å². The number of rotatable bonds is 10. The minimum atomic E-state index is -1.46. The number of hydrogen-bond donors (Lipinski definition) is 0. The molecule has 338 valence electrons. The standard InChI is InChI=1S/C51H62O11S/c1-31-37(60-45(56)59-31)29-58-44(55)51(7)38-19-22-50(6)42(48(38,4)21-20-39(51)61-40(53)30-63(8)57)36(52)27-34-35-28-47(3,24-23-46(35,2)25-26-49(34,50)5)43(54)62-41(32-15-11-9-12-16-32)33-17-13-10-14-18-33/h9-18,27,35,38-39,41-42H,19-26,28-30H2,1-8H3/t35-,38+,39-,42+,46+,47-,48-,49+,50+,51-,63?/m0/s1. The van der Waals surface area contributed by atoms with Gasteiger partial charge in [0, 0.05) is 23.0 Å². The summed E-state index contributed by atoms with van der Waals surface area (Å²) >= 11 is 0. The molecular formula is C51H62O11S. The van der Waals surface area contributed by atoms with Gasteiger partial charge < -0.3 is 23.0 Å². The van der Waals surface area contributed by atoms with Crippen molar-refractivity contribution >= 4 is 34.5 Å². The van der Waals surface area contributed by atoms with Crippen LogP contribution in [0.3, 0.4) is 0 Å². The lowest BCUT2D eigenvalue weighted by atomic mass is 9.33. The SMILES string of the molecule is Cc1oc(=O)oc1COC(=O)[C@]1(C)[C@@H](OC(=O)CS(C)=O)CC[C@@]2(C)[C@H]1CC[C@]1(C)[C@@H]2C(=O)C=C2[C@@H]3C[C@@](C)(C(=O)OC(c4ccccc4)c4ccccc4)CC[C@]3(C)CC[C@]21C. The van der Waals surface area contributed by atoms with Crippen LogP contribution >= 0.6 is 0 Å². The van der Waals surface area contributed by atoms with E-state index in [-0.39, 0.29) is 52.4 Å². The van der Waals surface area contributed by atoms with E-state index in [9.17, 15) is 23.4 Å². The molecule has 1 unspecified atom stereocenters. The monoisotopic (exact) mass is 882 g/mol. The average molecular weight is 883 g/mol. The van der Waals surface area contributed by atoms with Gasteiger partial charge in [-0.1, -0.05) is 93.9 Å². The fourth-order valence-electron chi connectivity index (χ4n) is 13.5. The molecule has 0 aliphatic heterocycles. The maximum Gasteiger partial charge on any atom is 0.519 e. The lowest BCUT2D eigenvalue weighted by Gasteiger charge is -2.70. The van der Waals surface area contributed by atoms with Crippen molar-refractivity contribution in [1.82, 2.24) is 0 Å². The smallest absolute Gasteiger partial charge is 0.460 e. The predicted octanol–water partition coefficient (Wildman–Crippen LogP) is 9.17. The first-order valence-corrected chi connectivity index (χ1v) is 24.2. The molecular weight excluding hydrogens is 821 g/mol. The zero-order valence-corrected chi connectivity index (χ0v) is 38.7. The fourth-order valence-corrected chi connectivity index (χ4v) is 13.9. The molecule has 5 aliphatic carbocycles. The Bertz CT molecular complexity index is 2360. The van der Waals surface area contributed by atoms with Crippen LogP contribution in [0.4, 0.5) is 0 Å². The number of ketones is 1. The normalized spacial score (nSPS) is 36.4. The third-order valence-electron chi connectivity index (χ3n) is 17.3. The summed E-state index contributed by atoms with van der Waals surface area (Å²) < 4.78 is 40.7. The van der Waals surface area contributed by atoms with Crippen molar-refractivity contribution in [2.75, 3.05) is 12.0 Å². The van der Waals surface area contributed by atoms with Gasteiger partial charge in [0.1, 0.15) is 17.3 Å². The molecule has 63 heavy (non-hydrogen) atoms. The highest BCUT2D eigenvalue weighted by Crippen LogP contribution is 2.75. The van der Waals surface area contributed by atoms with Crippen molar-refractivity contribution in [2.24, 2.45) is 50.2 Å². The number of ether oxygens (including phenoxy) is 3. The summed E-state index contributed by atoms with van der Waals surface area (Å²) in [4.78, 5) is 69.5. The van der Waals surface area contributed by atoms with E-state index in [1.54, 1.807) is 13.8 Å². The summed E-state index contributed by atoms with van der Waals surface area (Å²) in [7, 11) is -1.46. The van der Waals surface area contributed by atoms with Crippen LogP contribution in [0.15, 0.2) is 85.9 Å². The van der Waals surface area contributed by atoms with Gasteiger partial charge in [-0.15, -0.1) is 0 Å². The van der Waals surface area contributed by atoms with Gasteiger partial charge in [0.05, 0.1) is 5.41 Å². The molecule has 2 aromatic carbocycles. The van der Waals surface area contributed by atoms with Crippen LogP contribution in [-0.4, -0.2) is 46.0 Å². The van der Waals surface area contributed by atoms with Gasteiger partial charge in [0.15, 0.2) is 30.0 Å². The van der Waals surface area contributed by atoms with Gasteiger partial charge in [-0.25, -0.2) is 4.79 Å². The molecule has 1 heterocycles. The second-order valence-corrected chi connectivity index (χ2v) is 22.3. The molecule has 0 saturated heterocycles. The molecule has 1 aromatic heterocycles. The van der Waals surface area contributed by atoms with E-state index >= 15 is 4.79 Å². The highest BCUT2D eigenvalue weighted by Gasteiger charge is 2.72. The van der Waals surface area contributed by atoms with Gasteiger partial charge >= 0.3 is 23.7 Å². The van der Waals surface area contributed by atoms with Crippen LogP contribution in [0.5, 0.6) is 0 Å². The van der Waals surface area contributed by atoms with E-state index < -0.39 is 74.3 Å². The number of hydrogen-bond acceptors (Lipinski definition) is 11. The van der Waals surface area contributed by atoms with E-state index in [1.165, 1.54) is 6.26 Å². The first kappa shape index (κ1) is 45.0. The second-order valence-electron chi connectivity index (χ2n) is 20.9. The van der Waals surface area contributed by atoms with Crippen molar-refractivity contribution < 1.29 is 46.4 Å². The lowest BCUT2D eigenvalue weighted by molar-refractivity contribution is -0.224. The predicted molar refractivity (Wildman–Crippen MR) is 235 cm³/mol. The molecule has 0 radical (unpaired) electrons. The first-order chi connectivity index (χ1) is 29.7. The Morgan fingerprint density at radius 2 is 1.44 bits per heavy atom. The van der Waals surface area contributed by atoms with Gasteiger partial charge in [0.2, 0.25) is 0 Å². The maximum atomic E-state index is 15.3. The van der Waals surface area contributed by atoms with Gasteiger partial charge in [0.25, 0.3) is 0 Å². The maximum absolute atomic E-state index is 15.3. The number of carbonyl (C=O) groups excluding carboxylic acids is 4. The van der Waals surface area contributed by atoms with Crippen LogP contribution in [0.1, 0.15) is 128 Å². The van der Waals surface area contributed by atoms with Crippen molar-refractivity contribution in [1.29, 1.82) is 0 Å². The quantitative estimate of drug-likeness (QED) is 0.141. The Kier molecular flexibility index (Phi) is 11.5. The largest absolute Gasteiger partial charge is 0.519 e. The average Bonchev–Trinajstić information content (AvgIpc) is 3.57. The molecule has 0 spiro atoms. The van der Waals surface area contributed by atoms with Crippen LogP contribution in [0.25, 0.3) is 0 Å². The summed E-state index contributed by atoms with van der Waals surface area (Å²) in [6.45, 7) is 14.1. The van der Waals surface area contributed by atoms with Gasteiger partial charge in [-0.05, 0) is 129 Å². The molecule has 4 saturated carbocycles. The van der Waals surface area contributed by atoms with Crippen LogP contribution < -0.4 is 5.82 Å². The first-order valence-electron chi connectivity index (χ1n) is 22.5. The summed E-state index contributed by atoms with van der Waals surface area (Å²) in [6.07, 6.45) is 7.84. The molecule has 11 nitrogen and oxygen atoms in total. The van der Waals surface area contributed by atoms with Crippen molar-refractivity contribution in [3.05, 3.63) is 106 Å². The summed E-state index contributed by atoms with van der Waals surface area (Å²) in [5, 5.41) is 0. The van der Waals surface area contributed by atoms with E-state index in [0.717, 1.165) is 36.0 Å². The van der Waals surface area contributed by atoms with Crippen molar-refractivity contribution in [2.45, 2.75) is 125 Å². The van der Waals surface area contributed by atoms with Crippen molar-refractivity contribution in [3.8, 4) is 0 Å². The molecule has 0 N–H and O–H groups in total. The molecule has 8 rings (SSSR count). The summed E-state index contributed by atoms with van der Waals surface area (Å²) in [6, 6.07) is 19.7. The van der Waals surface area contributed by atoms with Crippen molar-refractivity contribution in [3.63, 3.8) is 0 Å². The van der Waals surface area contributed by atoms with E-state index in [4.69, 9.17) is 23.0 Å². The molecule has 4 fully saturated rings. The second kappa shape index (κ2) is 16.1. The molecule has 0 amide bonds. The summed E-state index contributed by atoms with van der Waals surface area (Å²) in [5.41, 5.74) is -0.907. The molecule has 11 atom stereocenters.